The molecule has 0 unspecified atom stereocenters. The molecule has 0 radical (unpaired) electrons. The van der Waals surface area contributed by atoms with Crippen LogP contribution in [0.5, 0.6) is 0 Å². The summed E-state index contributed by atoms with van der Waals surface area (Å²) in [4.78, 5) is 4.10. The summed E-state index contributed by atoms with van der Waals surface area (Å²) in [5.74, 6) is 1.48. The van der Waals surface area contributed by atoms with Crippen molar-refractivity contribution in [3.05, 3.63) is 17.8 Å². The Labute approximate surface area is 78.3 Å². The van der Waals surface area contributed by atoms with E-state index in [1.807, 2.05) is 0 Å². The van der Waals surface area contributed by atoms with E-state index in [1.54, 1.807) is 13.3 Å². The first-order valence-electron chi connectivity index (χ1n) is 4.38. The number of hydrogen-bond donors (Lipinski definition) is 1. The fraction of sp³-hybridized carbons (Fsp3) is 0.667. The molecule has 1 rings (SSSR count). The molecule has 0 atom stereocenters. The summed E-state index contributed by atoms with van der Waals surface area (Å²) in [6.45, 7) is 5.31. The zero-order chi connectivity index (χ0) is 9.68. The second-order valence-corrected chi connectivity index (χ2v) is 3.19. The average Bonchev–Trinajstić information content (AvgIpc) is 2.50. The fourth-order valence-electron chi connectivity index (χ4n) is 0.930. The van der Waals surface area contributed by atoms with E-state index in [0.29, 0.717) is 25.1 Å². The number of methoxy groups -OCH3 is 1. The van der Waals surface area contributed by atoms with Gasteiger partial charge in [-0.1, -0.05) is 13.8 Å². The summed E-state index contributed by atoms with van der Waals surface area (Å²) in [6, 6.07) is 0.442. The lowest BCUT2D eigenvalue weighted by atomic mass is 10.4. The lowest BCUT2D eigenvalue weighted by molar-refractivity contribution is 0.162. The molecule has 1 aromatic rings. The molecule has 0 amide bonds. The average molecular weight is 184 g/mol. The summed E-state index contributed by atoms with van der Waals surface area (Å²) < 4.78 is 10.3. The number of rotatable bonds is 5. The van der Waals surface area contributed by atoms with Crippen molar-refractivity contribution in [3.63, 3.8) is 0 Å². The predicted molar refractivity (Wildman–Crippen MR) is 49.2 cm³/mol. The first kappa shape index (κ1) is 10.2. The molecule has 0 saturated carbocycles. The van der Waals surface area contributed by atoms with Crippen molar-refractivity contribution >= 4 is 0 Å². The van der Waals surface area contributed by atoms with Crippen molar-refractivity contribution < 1.29 is 9.15 Å². The zero-order valence-corrected chi connectivity index (χ0v) is 8.33. The van der Waals surface area contributed by atoms with Crippen LogP contribution in [0.1, 0.15) is 25.5 Å². The molecule has 1 heterocycles. The van der Waals surface area contributed by atoms with E-state index >= 15 is 0 Å². The molecule has 0 aliphatic carbocycles. The van der Waals surface area contributed by atoms with Gasteiger partial charge in [-0.15, -0.1) is 0 Å². The van der Waals surface area contributed by atoms with Crippen molar-refractivity contribution in [1.29, 1.82) is 0 Å². The van der Waals surface area contributed by atoms with Gasteiger partial charge in [0.1, 0.15) is 12.4 Å². The molecule has 4 heteroatoms. The van der Waals surface area contributed by atoms with Gasteiger partial charge >= 0.3 is 0 Å². The monoisotopic (exact) mass is 184 g/mol. The molecule has 0 fully saturated rings. The SMILES string of the molecule is COCc1cnc(CNC(C)C)o1. The number of hydrogen-bond acceptors (Lipinski definition) is 4. The predicted octanol–water partition coefficient (Wildman–Crippen LogP) is 1.32. The van der Waals surface area contributed by atoms with E-state index in [-0.39, 0.29) is 0 Å². The van der Waals surface area contributed by atoms with Crippen molar-refractivity contribution in [2.75, 3.05) is 7.11 Å². The van der Waals surface area contributed by atoms with Crippen LogP contribution in [0.15, 0.2) is 10.6 Å². The first-order chi connectivity index (χ1) is 6.22. The van der Waals surface area contributed by atoms with E-state index in [1.165, 1.54) is 0 Å². The maximum atomic E-state index is 5.38. The Bertz CT molecular complexity index is 246. The summed E-state index contributed by atoms with van der Waals surface area (Å²) in [5.41, 5.74) is 0. The molecule has 0 saturated heterocycles. The largest absolute Gasteiger partial charge is 0.442 e. The Morgan fingerprint density at radius 2 is 2.38 bits per heavy atom. The van der Waals surface area contributed by atoms with Crippen LogP contribution < -0.4 is 5.32 Å². The number of nitrogens with zero attached hydrogens (tertiary/aromatic N) is 1. The van der Waals surface area contributed by atoms with Crippen LogP contribution in [0.3, 0.4) is 0 Å². The lowest BCUT2D eigenvalue weighted by Crippen LogP contribution is -2.21. The van der Waals surface area contributed by atoms with E-state index < -0.39 is 0 Å². The van der Waals surface area contributed by atoms with Gasteiger partial charge in [0.05, 0.1) is 12.7 Å². The highest BCUT2D eigenvalue weighted by Gasteiger charge is 2.03. The minimum atomic E-state index is 0.442. The number of aromatic nitrogens is 1. The summed E-state index contributed by atoms with van der Waals surface area (Å²) in [6.07, 6.45) is 1.70. The smallest absolute Gasteiger partial charge is 0.208 e. The van der Waals surface area contributed by atoms with Crippen molar-refractivity contribution in [2.45, 2.75) is 33.0 Å². The molecule has 1 N–H and O–H groups in total. The maximum absolute atomic E-state index is 5.38. The molecule has 0 spiro atoms. The standard InChI is InChI=1S/C9H16N2O2/c1-7(2)10-5-9-11-4-8(13-9)6-12-3/h4,7,10H,5-6H2,1-3H3. The summed E-state index contributed by atoms with van der Waals surface area (Å²) in [5, 5.41) is 3.22. The van der Waals surface area contributed by atoms with Crippen LogP contribution >= 0.6 is 0 Å². The van der Waals surface area contributed by atoms with Gasteiger partial charge < -0.3 is 14.5 Å². The Hall–Kier alpha value is -0.870. The van der Waals surface area contributed by atoms with Crippen LogP contribution in [-0.4, -0.2) is 18.1 Å². The number of ether oxygens (including phenoxy) is 1. The molecular weight excluding hydrogens is 168 g/mol. The minimum absolute atomic E-state index is 0.442. The highest BCUT2D eigenvalue weighted by Crippen LogP contribution is 2.04. The zero-order valence-electron chi connectivity index (χ0n) is 8.33. The van der Waals surface area contributed by atoms with Gasteiger partial charge in [0.15, 0.2) is 0 Å². The Balaban J connectivity index is 2.39. The number of nitrogens with one attached hydrogen (secondary N) is 1. The molecule has 0 aliphatic rings. The molecule has 0 aliphatic heterocycles. The van der Waals surface area contributed by atoms with Gasteiger partial charge in [0.25, 0.3) is 0 Å². The quantitative estimate of drug-likeness (QED) is 0.749. The second-order valence-electron chi connectivity index (χ2n) is 3.19. The van der Waals surface area contributed by atoms with Crippen molar-refractivity contribution in [2.24, 2.45) is 0 Å². The summed E-state index contributed by atoms with van der Waals surface area (Å²) in [7, 11) is 1.63. The fourth-order valence-corrected chi connectivity index (χ4v) is 0.930. The third-order valence-electron chi connectivity index (χ3n) is 1.55. The Morgan fingerprint density at radius 3 is 3.00 bits per heavy atom. The first-order valence-corrected chi connectivity index (χ1v) is 4.38. The van der Waals surface area contributed by atoms with Crippen LogP contribution in [0, 0.1) is 0 Å². The second kappa shape index (κ2) is 4.99. The van der Waals surface area contributed by atoms with E-state index in [4.69, 9.17) is 9.15 Å². The van der Waals surface area contributed by atoms with Crippen molar-refractivity contribution in [3.8, 4) is 0 Å². The molecule has 4 nitrogen and oxygen atoms in total. The normalized spacial score (nSPS) is 11.1. The van der Waals surface area contributed by atoms with Crippen molar-refractivity contribution in [1.82, 2.24) is 10.3 Å². The number of oxazole rings is 1. The van der Waals surface area contributed by atoms with Gasteiger partial charge in [-0.3, -0.25) is 0 Å². The van der Waals surface area contributed by atoms with Crippen LogP contribution in [0.2, 0.25) is 0 Å². The van der Waals surface area contributed by atoms with Gasteiger partial charge in [-0.05, 0) is 0 Å². The Kier molecular flexibility index (Phi) is 3.92. The third-order valence-corrected chi connectivity index (χ3v) is 1.55. The lowest BCUT2D eigenvalue weighted by Gasteiger charge is -2.03. The van der Waals surface area contributed by atoms with E-state index in [0.717, 1.165) is 5.76 Å². The van der Waals surface area contributed by atoms with Crippen LogP contribution in [0.4, 0.5) is 0 Å². The topological polar surface area (TPSA) is 47.3 Å². The maximum Gasteiger partial charge on any atom is 0.208 e. The molecule has 1 aromatic heterocycles. The van der Waals surface area contributed by atoms with Gasteiger partial charge in [-0.2, -0.15) is 0 Å². The molecule has 0 bridgehead atoms. The minimum Gasteiger partial charge on any atom is -0.442 e. The van der Waals surface area contributed by atoms with Gasteiger partial charge in [-0.25, -0.2) is 4.98 Å². The van der Waals surface area contributed by atoms with E-state index in [9.17, 15) is 0 Å². The highest BCUT2D eigenvalue weighted by molar-refractivity contribution is 4.92. The molecule has 0 aromatic carbocycles. The molecule has 74 valence electrons. The van der Waals surface area contributed by atoms with Crippen LogP contribution in [0.25, 0.3) is 0 Å². The van der Waals surface area contributed by atoms with Gasteiger partial charge in [0.2, 0.25) is 5.89 Å². The third kappa shape index (κ3) is 3.57. The van der Waals surface area contributed by atoms with Gasteiger partial charge in [0, 0.05) is 13.2 Å². The van der Waals surface area contributed by atoms with E-state index in [2.05, 4.69) is 24.1 Å². The Morgan fingerprint density at radius 1 is 1.62 bits per heavy atom. The van der Waals surface area contributed by atoms with Crippen LogP contribution in [-0.2, 0) is 17.9 Å². The summed E-state index contributed by atoms with van der Waals surface area (Å²) >= 11 is 0. The molecule has 13 heavy (non-hydrogen) atoms. The highest BCUT2D eigenvalue weighted by atomic mass is 16.5. The molecular formula is C9H16N2O2.